The minimum absolute atomic E-state index is 0.257. The van der Waals surface area contributed by atoms with E-state index in [9.17, 15) is 4.79 Å². The molecule has 0 atom stereocenters. The van der Waals surface area contributed by atoms with E-state index in [0.29, 0.717) is 10.5 Å². The number of esters is 1. The van der Waals surface area contributed by atoms with Crippen LogP contribution in [0.1, 0.15) is 16.1 Å². The second-order valence-corrected chi connectivity index (χ2v) is 3.39. The van der Waals surface area contributed by atoms with E-state index in [1.165, 1.54) is 7.11 Å². The maximum Gasteiger partial charge on any atom is 0.356 e. The van der Waals surface area contributed by atoms with Crippen molar-refractivity contribution in [2.24, 2.45) is 0 Å². The number of halogens is 2. The van der Waals surface area contributed by atoms with Crippen LogP contribution in [0.2, 0.25) is 0 Å². The zero-order chi connectivity index (χ0) is 9.84. The highest BCUT2D eigenvalue weighted by Crippen LogP contribution is 2.13. The lowest BCUT2D eigenvalue weighted by molar-refractivity contribution is 0.0593. The summed E-state index contributed by atoms with van der Waals surface area (Å²) in [4.78, 5) is 15.0. The number of hydrogen-bond acceptors (Lipinski definition) is 3. The van der Waals surface area contributed by atoms with Gasteiger partial charge in [0, 0.05) is 5.88 Å². The number of aromatic nitrogens is 1. The number of hydrogen-bond donors (Lipinski definition) is 0. The van der Waals surface area contributed by atoms with Gasteiger partial charge >= 0.3 is 5.97 Å². The molecule has 0 fully saturated rings. The lowest BCUT2D eigenvalue weighted by Gasteiger charge is -2.01. The smallest absolute Gasteiger partial charge is 0.356 e. The monoisotopic (exact) mass is 263 g/mol. The number of alkyl halides is 1. The molecule has 0 aliphatic rings. The quantitative estimate of drug-likeness (QED) is 0.468. The van der Waals surface area contributed by atoms with Gasteiger partial charge in [-0.1, -0.05) is 0 Å². The maximum absolute atomic E-state index is 11.1. The summed E-state index contributed by atoms with van der Waals surface area (Å²) in [5.41, 5.74) is 1.08. The highest BCUT2D eigenvalue weighted by atomic mass is 79.9. The van der Waals surface area contributed by atoms with Gasteiger partial charge in [-0.05, 0) is 33.6 Å². The first-order chi connectivity index (χ1) is 6.17. The van der Waals surface area contributed by atoms with Crippen molar-refractivity contribution in [3.05, 3.63) is 28.0 Å². The van der Waals surface area contributed by atoms with Crippen LogP contribution in [0.15, 0.2) is 16.7 Å². The Labute approximate surface area is 89.2 Å². The Morgan fingerprint density at radius 2 is 2.38 bits per heavy atom. The minimum atomic E-state index is -0.465. The van der Waals surface area contributed by atoms with Crippen LogP contribution < -0.4 is 0 Å². The Kier molecular flexibility index (Phi) is 3.69. The zero-order valence-corrected chi connectivity index (χ0v) is 9.22. The van der Waals surface area contributed by atoms with Crippen LogP contribution in [0, 0.1) is 0 Å². The lowest BCUT2D eigenvalue weighted by atomic mass is 10.2. The van der Waals surface area contributed by atoms with E-state index < -0.39 is 5.97 Å². The fourth-order valence-corrected chi connectivity index (χ4v) is 1.48. The third-order valence-electron chi connectivity index (χ3n) is 1.40. The van der Waals surface area contributed by atoms with Crippen molar-refractivity contribution in [2.75, 3.05) is 7.11 Å². The molecule has 0 saturated carbocycles. The molecule has 0 saturated heterocycles. The largest absolute Gasteiger partial charge is 0.464 e. The van der Waals surface area contributed by atoms with E-state index in [0.717, 1.165) is 5.56 Å². The summed E-state index contributed by atoms with van der Waals surface area (Å²) in [7, 11) is 1.31. The number of pyridine rings is 1. The molecular formula is C8H7BrClNO2. The van der Waals surface area contributed by atoms with Gasteiger partial charge < -0.3 is 4.74 Å². The molecule has 0 N–H and O–H groups in total. The molecule has 0 aliphatic carbocycles. The van der Waals surface area contributed by atoms with Crippen LogP contribution in [0.25, 0.3) is 0 Å². The molecule has 3 nitrogen and oxygen atoms in total. The maximum atomic E-state index is 11.1. The first-order valence-corrected chi connectivity index (χ1v) is 4.81. The molecule has 1 aromatic rings. The Balaban J connectivity index is 3.08. The standard InChI is InChI=1S/C8H7BrClNO2/c1-13-8(12)6-2-5(4-10)3-7(9)11-6/h2-3H,4H2,1H3. The Hall–Kier alpha value is -0.610. The van der Waals surface area contributed by atoms with Crippen LogP contribution in [-0.4, -0.2) is 18.1 Å². The molecule has 0 radical (unpaired) electrons. The average molecular weight is 265 g/mol. The summed E-state index contributed by atoms with van der Waals surface area (Å²) in [5.74, 6) is -0.127. The summed E-state index contributed by atoms with van der Waals surface area (Å²) in [6.07, 6.45) is 0. The molecule has 0 unspecified atom stereocenters. The molecule has 0 aromatic carbocycles. The van der Waals surface area contributed by atoms with Gasteiger partial charge in [0.2, 0.25) is 0 Å². The van der Waals surface area contributed by atoms with Gasteiger partial charge in [0.1, 0.15) is 10.3 Å². The van der Waals surface area contributed by atoms with Crippen LogP contribution in [0.5, 0.6) is 0 Å². The van der Waals surface area contributed by atoms with E-state index in [2.05, 4.69) is 25.7 Å². The van der Waals surface area contributed by atoms with Gasteiger partial charge in [-0.2, -0.15) is 0 Å². The summed E-state index contributed by atoms with van der Waals surface area (Å²) in [6, 6.07) is 3.35. The molecule has 0 aliphatic heterocycles. The van der Waals surface area contributed by atoms with Crippen LogP contribution in [0.3, 0.4) is 0 Å². The van der Waals surface area contributed by atoms with Gasteiger partial charge in [0.25, 0.3) is 0 Å². The summed E-state index contributed by atoms with van der Waals surface area (Å²) < 4.78 is 5.10. The lowest BCUT2D eigenvalue weighted by Crippen LogP contribution is -2.05. The Morgan fingerprint density at radius 3 is 2.92 bits per heavy atom. The van der Waals surface area contributed by atoms with Gasteiger partial charge in [-0.25, -0.2) is 9.78 Å². The predicted octanol–water partition coefficient (Wildman–Crippen LogP) is 2.37. The zero-order valence-electron chi connectivity index (χ0n) is 6.88. The van der Waals surface area contributed by atoms with E-state index >= 15 is 0 Å². The number of carbonyl (C=O) groups is 1. The molecule has 5 heteroatoms. The van der Waals surface area contributed by atoms with Crippen LogP contribution >= 0.6 is 27.5 Å². The third-order valence-corrected chi connectivity index (χ3v) is 2.12. The predicted molar refractivity (Wildman–Crippen MR) is 52.8 cm³/mol. The van der Waals surface area contributed by atoms with Crippen molar-refractivity contribution < 1.29 is 9.53 Å². The molecule has 70 valence electrons. The van der Waals surface area contributed by atoms with E-state index in [4.69, 9.17) is 11.6 Å². The second kappa shape index (κ2) is 4.58. The van der Waals surface area contributed by atoms with E-state index in [1.54, 1.807) is 12.1 Å². The number of carbonyl (C=O) groups excluding carboxylic acids is 1. The number of ether oxygens (including phenoxy) is 1. The highest BCUT2D eigenvalue weighted by molar-refractivity contribution is 9.10. The first-order valence-electron chi connectivity index (χ1n) is 3.48. The molecule has 0 spiro atoms. The van der Waals surface area contributed by atoms with Gasteiger partial charge in [-0.15, -0.1) is 11.6 Å². The van der Waals surface area contributed by atoms with Crippen molar-refractivity contribution in [2.45, 2.75) is 5.88 Å². The van der Waals surface area contributed by atoms with Crippen molar-refractivity contribution in [1.29, 1.82) is 0 Å². The number of methoxy groups -OCH3 is 1. The van der Waals surface area contributed by atoms with Gasteiger partial charge in [0.15, 0.2) is 0 Å². The van der Waals surface area contributed by atoms with Gasteiger partial charge in [-0.3, -0.25) is 0 Å². The Morgan fingerprint density at radius 1 is 1.69 bits per heavy atom. The summed E-state index contributed by atoms with van der Waals surface area (Å²) in [6.45, 7) is 0. The molecule has 0 amide bonds. The van der Waals surface area contributed by atoms with Crippen LogP contribution in [-0.2, 0) is 10.6 Å². The SMILES string of the molecule is COC(=O)c1cc(CCl)cc(Br)n1. The molecule has 1 rings (SSSR count). The van der Waals surface area contributed by atoms with Crippen molar-refractivity contribution in [3.8, 4) is 0 Å². The molecular weight excluding hydrogens is 257 g/mol. The number of nitrogens with zero attached hydrogens (tertiary/aromatic N) is 1. The average Bonchev–Trinajstić information content (AvgIpc) is 2.15. The highest BCUT2D eigenvalue weighted by Gasteiger charge is 2.08. The minimum Gasteiger partial charge on any atom is -0.464 e. The first kappa shape index (κ1) is 10.5. The fraction of sp³-hybridized carbons (Fsp3) is 0.250. The molecule has 1 aromatic heterocycles. The normalized spacial score (nSPS) is 9.77. The summed E-state index contributed by atoms with van der Waals surface area (Å²) >= 11 is 8.79. The Bertz CT molecular complexity index is 330. The third kappa shape index (κ3) is 2.67. The summed E-state index contributed by atoms with van der Waals surface area (Å²) in [5, 5.41) is 0. The molecule has 1 heterocycles. The topological polar surface area (TPSA) is 39.2 Å². The van der Waals surface area contributed by atoms with E-state index in [1.807, 2.05) is 0 Å². The molecule has 13 heavy (non-hydrogen) atoms. The van der Waals surface area contributed by atoms with Crippen LogP contribution in [0.4, 0.5) is 0 Å². The fourth-order valence-electron chi connectivity index (χ4n) is 0.836. The van der Waals surface area contributed by atoms with E-state index in [-0.39, 0.29) is 5.69 Å². The van der Waals surface area contributed by atoms with Crippen molar-refractivity contribution in [3.63, 3.8) is 0 Å². The number of rotatable bonds is 2. The van der Waals surface area contributed by atoms with Gasteiger partial charge in [0.05, 0.1) is 7.11 Å². The second-order valence-electron chi connectivity index (χ2n) is 2.31. The van der Waals surface area contributed by atoms with Crippen molar-refractivity contribution >= 4 is 33.5 Å². The van der Waals surface area contributed by atoms with Crippen molar-refractivity contribution in [1.82, 2.24) is 4.98 Å². The molecule has 0 bridgehead atoms.